The maximum absolute atomic E-state index is 11.4. The number of hydrogen-bond donors (Lipinski definition) is 1. The van der Waals surface area contributed by atoms with Crippen molar-refractivity contribution in [1.82, 2.24) is 0 Å². The minimum atomic E-state index is -0.948. The van der Waals surface area contributed by atoms with Crippen LogP contribution in [0.15, 0.2) is 30.3 Å². The van der Waals surface area contributed by atoms with Crippen LogP contribution in [-0.4, -0.2) is 17.2 Å². The molecule has 0 aliphatic heterocycles. The molecule has 0 aromatic heterocycles. The van der Waals surface area contributed by atoms with E-state index in [2.05, 4.69) is 0 Å². The summed E-state index contributed by atoms with van der Waals surface area (Å²) in [5.74, 6) is 0.0232. The van der Waals surface area contributed by atoms with Crippen LogP contribution >= 0.6 is 0 Å². The third kappa shape index (κ3) is 3.35. The molecule has 3 heteroatoms. The Morgan fingerprint density at radius 1 is 1.38 bits per heavy atom. The Morgan fingerprint density at radius 2 is 2.06 bits per heavy atom. The summed E-state index contributed by atoms with van der Waals surface area (Å²) in [5, 5.41) is 9.53. The lowest BCUT2D eigenvalue weighted by molar-refractivity contribution is -0.155. The second-order valence-electron chi connectivity index (χ2n) is 4.29. The van der Waals surface area contributed by atoms with Gasteiger partial charge in [-0.15, -0.1) is 0 Å². The SMILES string of the molecule is O=C(OCc1ccccc1)[C@H](O)CC1CC1. The van der Waals surface area contributed by atoms with Crippen LogP contribution in [0.5, 0.6) is 0 Å². The van der Waals surface area contributed by atoms with E-state index >= 15 is 0 Å². The number of carbonyl (C=O) groups is 1. The van der Waals surface area contributed by atoms with Crippen molar-refractivity contribution in [1.29, 1.82) is 0 Å². The number of aliphatic hydroxyl groups excluding tert-OH is 1. The second-order valence-corrected chi connectivity index (χ2v) is 4.29. The first-order valence-electron chi connectivity index (χ1n) is 5.64. The van der Waals surface area contributed by atoms with Crippen molar-refractivity contribution in [3.8, 4) is 0 Å². The van der Waals surface area contributed by atoms with E-state index < -0.39 is 12.1 Å². The van der Waals surface area contributed by atoms with Crippen LogP contribution in [0.1, 0.15) is 24.8 Å². The lowest BCUT2D eigenvalue weighted by Gasteiger charge is -2.09. The first-order chi connectivity index (χ1) is 7.75. The van der Waals surface area contributed by atoms with E-state index in [-0.39, 0.29) is 6.61 Å². The van der Waals surface area contributed by atoms with Gasteiger partial charge in [-0.05, 0) is 17.9 Å². The number of hydrogen-bond acceptors (Lipinski definition) is 3. The molecule has 1 fully saturated rings. The largest absolute Gasteiger partial charge is 0.459 e. The van der Waals surface area contributed by atoms with Gasteiger partial charge in [0.1, 0.15) is 6.61 Å². The van der Waals surface area contributed by atoms with Crippen molar-refractivity contribution in [2.45, 2.75) is 32.0 Å². The normalized spacial score (nSPS) is 16.8. The predicted molar refractivity (Wildman–Crippen MR) is 59.6 cm³/mol. The summed E-state index contributed by atoms with van der Waals surface area (Å²) in [4.78, 5) is 11.4. The molecule has 1 atom stereocenters. The Kier molecular flexibility index (Phi) is 3.57. The monoisotopic (exact) mass is 220 g/mol. The second kappa shape index (κ2) is 5.12. The van der Waals surface area contributed by atoms with Crippen LogP contribution in [0.2, 0.25) is 0 Å². The van der Waals surface area contributed by atoms with E-state index in [0.29, 0.717) is 12.3 Å². The highest BCUT2D eigenvalue weighted by molar-refractivity contribution is 5.74. The van der Waals surface area contributed by atoms with Crippen molar-refractivity contribution in [3.63, 3.8) is 0 Å². The number of aliphatic hydroxyl groups is 1. The minimum absolute atomic E-state index is 0.237. The molecule has 1 aromatic carbocycles. The molecule has 1 aliphatic rings. The van der Waals surface area contributed by atoms with Crippen LogP contribution < -0.4 is 0 Å². The van der Waals surface area contributed by atoms with E-state index in [1.807, 2.05) is 30.3 Å². The van der Waals surface area contributed by atoms with Crippen molar-refractivity contribution < 1.29 is 14.6 Å². The number of carbonyl (C=O) groups excluding carboxylic acids is 1. The van der Waals surface area contributed by atoms with Crippen LogP contribution in [0, 0.1) is 5.92 Å². The van der Waals surface area contributed by atoms with Gasteiger partial charge in [-0.1, -0.05) is 43.2 Å². The zero-order valence-electron chi connectivity index (χ0n) is 9.13. The molecular weight excluding hydrogens is 204 g/mol. The van der Waals surface area contributed by atoms with Crippen molar-refractivity contribution in [2.24, 2.45) is 5.92 Å². The van der Waals surface area contributed by atoms with E-state index in [1.54, 1.807) is 0 Å². The lowest BCUT2D eigenvalue weighted by atomic mass is 10.2. The first kappa shape index (κ1) is 11.1. The molecule has 0 spiro atoms. The highest BCUT2D eigenvalue weighted by atomic mass is 16.5. The van der Waals surface area contributed by atoms with Crippen molar-refractivity contribution >= 4 is 5.97 Å². The molecule has 0 amide bonds. The van der Waals surface area contributed by atoms with Gasteiger partial charge in [0.15, 0.2) is 6.10 Å². The average molecular weight is 220 g/mol. The third-order valence-electron chi connectivity index (χ3n) is 2.75. The van der Waals surface area contributed by atoms with Crippen LogP contribution in [0.3, 0.4) is 0 Å². The molecule has 16 heavy (non-hydrogen) atoms. The molecule has 1 saturated carbocycles. The molecule has 0 bridgehead atoms. The van der Waals surface area contributed by atoms with Crippen molar-refractivity contribution in [2.75, 3.05) is 0 Å². The summed E-state index contributed by atoms with van der Waals surface area (Å²) in [7, 11) is 0. The highest BCUT2D eigenvalue weighted by Crippen LogP contribution is 2.33. The fourth-order valence-corrected chi connectivity index (χ4v) is 1.59. The smallest absolute Gasteiger partial charge is 0.335 e. The maximum atomic E-state index is 11.4. The van der Waals surface area contributed by atoms with Gasteiger partial charge in [-0.2, -0.15) is 0 Å². The van der Waals surface area contributed by atoms with Gasteiger partial charge in [0.05, 0.1) is 0 Å². The summed E-state index contributed by atoms with van der Waals surface area (Å²) >= 11 is 0. The van der Waals surface area contributed by atoms with Crippen LogP contribution in [-0.2, 0) is 16.1 Å². The highest BCUT2D eigenvalue weighted by Gasteiger charge is 2.28. The molecule has 0 radical (unpaired) electrons. The number of rotatable bonds is 5. The van der Waals surface area contributed by atoms with E-state index in [0.717, 1.165) is 18.4 Å². The molecule has 0 heterocycles. The minimum Gasteiger partial charge on any atom is -0.459 e. The molecule has 0 unspecified atom stereocenters. The standard InChI is InChI=1S/C13H16O3/c14-12(8-10-6-7-10)13(15)16-9-11-4-2-1-3-5-11/h1-5,10,12,14H,6-9H2/t12-/m1/s1. The first-order valence-corrected chi connectivity index (χ1v) is 5.64. The Balaban J connectivity index is 1.74. The van der Waals surface area contributed by atoms with Crippen LogP contribution in [0.25, 0.3) is 0 Å². The number of ether oxygens (including phenoxy) is 1. The molecule has 1 aliphatic carbocycles. The molecule has 2 rings (SSSR count). The maximum Gasteiger partial charge on any atom is 0.335 e. The van der Waals surface area contributed by atoms with E-state index in [9.17, 15) is 9.90 Å². The Labute approximate surface area is 95.0 Å². The fraction of sp³-hybridized carbons (Fsp3) is 0.462. The Bertz CT molecular complexity index is 343. The Hall–Kier alpha value is -1.35. The van der Waals surface area contributed by atoms with Gasteiger partial charge in [-0.3, -0.25) is 0 Å². The summed E-state index contributed by atoms with van der Waals surface area (Å²) in [6.07, 6.45) is 1.86. The summed E-state index contributed by atoms with van der Waals surface area (Å²) < 4.78 is 5.03. The zero-order valence-corrected chi connectivity index (χ0v) is 9.13. The number of benzene rings is 1. The molecule has 3 nitrogen and oxygen atoms in total. The average Bonchev–Trinajstić information content (AvgIpc) is 3.11. The van der Waals surface area contributed by atoms with Gasteiger partial charge < -0.3 is 9.84 Å². The van der Waals surface area contributed by atoms with Gasteiger partial charge in [0, 0.05) is 0 Å². The Morgan fingerprint density at radius 3 is 2.69 bits per heavy atom. The third-order valence-corrected chi connectivity index (χ3v) is 2.75. The summed E-state index contributed by atoms with van der Waals surface area (Å²) in [6, 6.07) is 9.47. The van der Waals surface area contributed by atoms with Gasteiger partial charge >= 0.3 is 5.97 Å². The molecule has 1 aromatic rings. The number of esters is 1. The van der Waals surface area contributed by atoms with Gasteiger partial charge in [0.2, 0.25) is 0 Å². The van der Waals surface area contributed by atoms with Crippen LogP contribution in [0.4, 0.5) is 0 Å². The topological polar surface area (TPSA) is 46.5 Å². The van der Waals surface area contributed by atoms with Gasteiger partial charge in [0.25, 0.3) is 0 Å². The van der Waals surface area contributed by atoms with Crippen molar-refractivity contribution in [3.05, 3.63) is 35.9 Å². The lowest BCUT2D eigenvalue weighted by Crippen LogP contribution is -2.23. The molecule has 1 N–H and O–H groups in total. The van der Waals surface area contributed by atoms with Gasteiger partial charge in [-0.25, -0.2) is 4.79 Å². The molecule has 0 saturated heterocycles. The molecule has 86 valence electrons. The fourth-order valence-electron chi connectivity index (χ4n) is 1.59. The summed E-state index contributed by atoms with van der Waals surface area (Å²) in [5.41, 5.74) is 0.939. The molecular formula is C13H16O3. The quantitative estimate of drug-likeness (QED) is 0.771. The predicted octanol–water partition coefficient (Wildman–Crippen LogP) is 1.89. The van der Waals surface area contributed by atoms with E-state index in [4.69, 9.17) is 4.74 Å². The zero-order chi connectivity index (χ0) is 11.4. The van der Waals surface area contributed by atoms with E-state index in [1.165, 1.54) is 0 Å². The summed E-state index contributed by atoms with van der Waals surface area (Å²) in [6.45, 7) is 0.237.